The molecule has 0 aliphatic carbocycles. The van der Waals surface area contributed by atoms with Gasteiger partial charge in [-0.1, -0.05) is 12.8 Å². The number of hydrogen-bond donors (Lipinski definition) is 2. The lowest BCUT2D eigenvalue weighted by atomic mass is 10.2. The molecule has 0 aromatic carbocycles. The Hall–Kier alpha value is -0.520. The Balaban J connectivity index is 3.28. The highest BCUT2D eigenvalue weighted by Gasteiger charge is 2.00. The molecule has 0 spiro atoms. The van der Waals surface area contributed by atoms with Crippen molar-refractivity contribution in [3.05, 3.63) is 0 Å². The van der Waals surface area contributed by atoms with Gasteiger partial charge in [0, 0.05) is 13.2 Å². The summed E-state index contributed by atoms with van der Waals surface area (Å²) in [5.41, 5.74) is 0. The van der Waals surface area contributed by atoms with E-state index in [-0.39, 0.29) is 18.6 Å². The van der Waals surface area contributed by atoms with E-state index in [1.807, 2.05) is 13.8 Å². The van der Waals surface area contributed by atoms with E-state index in [4.69, 9.17) is 11.5 Å². The lowest BCUT2D eigenvalue weighted by Crippen LogP contribution is -2.30. The standard InChI is InChI=1S/C8H15NO/c1-4-8(3)9-5-7(2)6-10/h1,7-10H,5-6H2,2-3H3. The highest BCUT2D eigenvalue weighted by atomic mass is 16.3. The fourth-order valence-corrected chi connectivity index (χ4v) is 0.501. The molecule has 0 radical (unpaired) electrons. The van der Waals surface area contributed by atoms with Crippen LogP contribution in [0.25, 0.3) is 0 Å². The Bertz CT molecular complexity index is 117. The Labute approximate surface area is 62.6 Å². The topological polar surface area (TPSA) is 32.3 Å². The maximum atomic E-state index is 8.63. The van der Waals surface area contributed by atoms with Gasteiger partial charge in [0.1, 0.15) is 0 Å². The third kappa shape index (κ3) is 4.37. The van der Waals surface area contributed by atoms with Crippen molar-refractivity contribution in [3.8, 4) is 12.3 Å². The van der Waals surface area contributed by atoms with Gasteiger partial charge >= 0.3 is 0 Å². The first-order valence-electron chi connectivity index (χ1n) is 3.51. The van der Waals surface area contributed by atoms with Crippen LogP contribution in [0.15, 0.2) is 0 Å². The van der Waals surface area contributed by atoms with Gasteiger partial charge in [0.2, 0.25) is 0 Å². The van der Waals surface area contributed by atoms with E-state index in [0.29, 0.717) is 0 Å². The van der Waals surface area contributed by atoms with Crippen LogP contribution in [-0.4, -0.2) is 24.3 Å². The number of aliphatic hydroxyl groups excluding tert-OH is 1. The van der Waals surface area contributed by atoms with E-state index in [1.54, 1.807) is 0 Å². The Morgan fingerprint density at radius 1 is 1.60 bits per heavy atom. The van der Waals surface area contributed by atoms with Gasteiger partial charge in [0.05, 0.1) is 6.04 Å². The summed E-state index contributed by atoms with van der Waals surface area (Å²) in [7, 11) is 0. The van der Waals surface area contributed by atoms with Gasteiger partial charge in [0.15, 0.2) is 0 Å². The van der Waals surface area contributed by atoms with Gasteiger partial charge in [-0.3, -0.25) is 0 Å². The predicted octanol–water partition coefficient (Wildman–Crippen LogP) is 0.226. The molecule has 2 unspecified atom stereocenters. The summed E-state index contributed by atoms with van der Waals surface area (Å²) in [6, 6.07) is 0.106. The summed E-state index contributed by atoms with van der Waals surface area (Å²) in [6.45, 7) is 4.88. The SMILES string of the molecule is C#CC(C)NCC(C)CO. The third-order valence-electron chi connectivity index (χ3n) is 1.33. The molecule has 0 rings (SSSR count). The summed E-state index contributed by atoms with van der Waals surface area (Å²) >= 11 is 0. The predicted molar refractivity (Wildman–Crippen MR) is 42.5 cm³/mol. The van der Waals surface area contributed by atoms with Gasteiger partial charge in [-0.25, -0.2) is 0 Å². The zero-order valence-electron chi connectivity index (χ0n) is 6.59. The average molecular weight is 141 g/mol. The molecule has 0 saturated heterocycles. The summed E-state index contributed by atoms with van der Waals surface area (Å²) in [4.78, 5) is 0. The lowest BCUT2D eigenvalue weighted by Gasteiger charge is -2.10. The van der Waals surface area contributed by atoms with Crippen LogP contribution in [0.3, 0.4) is 0 Å². The second-order valence-corrected chi connectivity index (χ2v) is 2.58. The van der Waals surface area contributed by atoms with Crippen molar-refractivity contribution in [2.24, 2.45) is 5.92 Å². The van der Waals surface area contributed by atoms with Gasteiger partial charge in [-0.15, -0.1) is 6.42 Å². The van der Waals surface area contributed by atoms with Crippen molar-refractivity contribution < 1.29 is 5.11 Å². The normalized spacial score (nSPS) is 15.8. The summed E-state index contributed by atoms with van der Waals surface area (Å²) < 4.78 is 0. The highest BCUT2D eigenvalue weighted by Crippen LogP contribution is 1.89. The highest BCUT2D eigenvalue weighted by molar-refractivity contribution is 4.95. The van der Waals surface area contributed by atoms with Crippen LogP contribution in [0.5, 0.6) is 0 Å². The van der Waals surface area contributed by atoms with Crippen molar-refractivity contribution in [3.63, 3.8) is 0 Å². The molecule has 0 fully saturated rings. The molecular formula is C8H15NO. The Morgan fingerprint density at radius 2 is 2.20 bits per heavy atom. The molecule has 0 heterocycles. The molecule has 2 heteroatoms. The van der Waals surface area contributed by atoms with Crippen molar-refractivity contribution in [1.29, 1.82) is 0 Å². The minimum absolute atomic E-state index is 0.106. The first-order valence-corrected chi connectivity index (χ1v) is 3.51. The van der Waals surface area contributed by atoms with Gasteiger partial charge < -0.3 is 10.4 Å². The van der Waals surface area contributed by atoms with Gasteiger partial charge in [-0.05, 0) is 12.8 Å². The van der Waals surface area contributed by atoms with Crippen LogP contribution in [0, 0.1) is 18.3 Å². The quantitative estimate of drug-likeness (QED) is 0.549. The molecule has 2 nitrogen and oxygen atoms in total. The van der Waals surface area contributed by atoms with Crippen molar-refractivity contribution in [2.75, 3.05) is 13.2 Å². The minimum Gasteiger partial charge on any atom is -0.396 e. The van der Waals surface area contributed by atoms with Gasteiger partial charge in [0.25, 0.3) is 0 Å². The average Bonchev–Trinajstić information content (AvgIpc) is 1.99. The molecule has 0 aromatic heterocycles. The van der Waals surface area contributed by atoms with Crippen molar-refractivity contribution in [1.82, 2.24) is 5.32 Å². The third-order valence-corrected chi connectivity index (χ3v) is 1.33. The number of rotatable bonds is 4. The fourth-order valence-electron chi connectivity index (χ4n) is 0.501. The van der Waals surface area contributed by atoms with E-state index in [0.717, 1.165) is 6.54 Å². The first kappa shape index (κ1) is 9.48. The van der Waals surface area contributed by atoms with E-state index in [2.05, 4.69) is 11.2 Å². The molecule has 0 aliphatic rings. The molecular weight excluding hydrogens is 126 g/mol. The van der Waals surface area contributed by atoms with Gasteiger partial charge in [-0.2, -0.15) is 0 Å². The molecule has 0 saturated carbocycles. The van der Waals surface area contributed by atoms with Crippen molar-refractivity contribution in [2.45, 2.75) is 19.9 Å². The zero-order valence-corrected chi connectivity index (χ0v) is 6.59. The molecule has 2 atom stereocenters. The summed E-state index contributed by atoms with van der Waals surface area (Å²) in [6.07, 6.45) is 5.12. The molecule has 58 valence electrons. The minimum atomic E-state index is 0.106. The van der Waals surface area contributed by atoms with Crippen LogP contribution in [0.4, 0.5) is 0 Å². The van der Waals surface area contributed by atoms with Crippen LogP contribution in [0.1, 0.15) is 13.8 Å². The number of nitrogens with one attached hydrogen (secondary N) is 1. The van der Waals surface area contributed by atoms with Crippen LogP contribution in [-0.2, 0) is 0 Å². The summed E-state index contributed by atoms with van der Waals surface area (Å²) in [5.74, 6) is 2.84. The zero-order chi connectivity index (χ0) is 7.98. The second-order valence-electron chi connectivity index (χ2n) is 2.58. The number of aliphatic hydroxyl groups is 1. The fraction of sp³-hybridized carbons (Fsp3) is 0.750. The molecule has 0 aromatic rings. The van der Waals surface area contributed by atoms with Crippen molar-refractivity contribution >= 4 is 0 Å². The molecule has 10 heavy (non-hydrogen) atoms. The van der Waals surface area contributed by atoms with Crippen LogP contribution in [0.2, 0.25) is 0 Å². The lowest BCUT2D eigenvalue weighted by molar-refractivity contribution is 0.233. The number of hydrogen-bond acceptors (Lipinski definition) is 2. The Morgan fingerprint density at radius 3 is 2.60 bits per heavy atom. The molecule has 0 bridgehead atoms. The molecule has 0 aliphatic heterocycles. The van der Waals surface area contributed by atoms with Crippen LogP contribution < -0.4 is 5.32 Å². The van der Waals surface area contributed by atoms with E-state index < -0.39 is 0 Å². The first-order chi connectivity index (χ1) is 4.70. The summed E-state index contributed by atoms with van der Waals surface area (Å²) in [5, 5.41) is 11.7. The largest absolute Gasteiger partial charge is 0.396 e. The van der Waals surface area contributed by atoms with E-state index in [1.165, 1.54) is 0 Å². The van der Waals surface area contributed by atoms with E-state index in [9.17, 15) is 0 Å². The molecule has 0 amide bonds. The second kappa shape index (κ2) is 5.28. The van der Waals surface area contributed by atoms with E-state index >= 15 is 0 Å². The maximum Gasteiger partial charge on any atom is 0.0658 e. The molecule has 2 N–H and O–H groups in total. The van der Waals surface area contributed by atoms with Crippen LogP contribution >= 0.6 is 0 Å². The monoisotopic (exact) mass is 141 g/mol. The smallest absolute Gasteiger partial charge is 0.0658 e. The Kier molecular flexibility index (Phi) is 5.00. The maximum absolute atomic E-state index is 8.63. The number of terminal acetylenes is 1.